The molecule has 2 N–H and O–H groups in total. The number of carbonyl (C=O) groups is 2. The van der Waals surface area contributed by atoms with Gasteiger partial charge in [-0.25, -0.2) is 0 Å². The zero-order chi connectivity index (χ0) is 15.3. The Labute approximate surface area is 122 Å². The quantitative estimate of drug-likeness (QED) is 0.821. The molecule has 3 atom stereocenters. The van der Waals surface area contributed by atoms with Gasteiger partial charge >= 0.3 is 0 Å². The first-order valence-electron chi connectivity index (χ1n) is 7.61. The summed E-state index contributed by atoms with van der Waals surface area (Å²) in [5.41, 5.74) is 6.01. The Hall–Kier alpha value is -1.10. The van der Waals surface area contributed by atoms with Gasteiger partial charge in [0.25, 0.3) is 0 Å². The summed E-state index contributed by atoms with van der Waals surface area (Å²) < 4.78 is 0. The minimum absolute atomic E-state index is 0.0345. The lowest BCUT2D eigenvalue weighted by atomic mass is 9.78. The van der Waals surface area contributed by atoms with Gasteiger partial charge in [0.15, 0.2) is 0 Å². The summed E-state index contributed by atoms with van der Waals surface area (Å²) in [7, 11) is 3.43. The Morgan fingerprint density at radius 2 is 1.95 bits per heavy atom. The Morgan fingerprint density at radius 1 is 1.30 bits per heavy atom. The summed E-state index contributed by atoms with van der Waals surface area (Å²) in [5.74, 6) is 0.362. The van der Waals surface area contributed by atoms with E-state index in [1.807, 2.05) is 13.8 Å². The first kappa shape index (κ1) is 17.0. The molecule has 1 rings (SSSR count). The van der Waals surface area contributed by atoms with Gasteiger partial charge in [-0.2, -0.15) is 0 Å². The summed E-state index contributed by atoms with van der Waals surface area (Å²) in [4.78, 5) is 27.5. The fourth-order valence-corrected chi connectivity index (χ4v) is 2.86. The van der Waals surface area contributed by atoms with Gasteiger partial charge in [0.05, 0.1) is 6.54 Å². The van der Waals surface area contributed by atoms with Crippen molar-refractivity contribution in [1.29, 1.82) is 0 Å². The Morgan fingerprint density at radius 3 is 2.45 bits per heavy atom. The lowest BCUT2D eigenvalue weighted by Gasteiger charge is -2.33. The number of nitrogens with zero attached hydrogens (tertiary/aromatic N) is 2. The molecule has 0 spiro atoms. The monoisotopic (exact) mass is 283 g/mol. The molecule has 1 fully saturated rings. The van der Waals surface area contributed by atoms with E-state index >= 15 is 0 Å². The molecule has 0 bridgehead atoms. The van der Waals surface area contributed by atoms with Crippen LogP contribution in [0.2, 0.25) is 0 Å². The molecule has 0 aromatic carbocycles. The Kier molecular flexibility index (Phi) is 6.46. The van der Waals surface area contributed by atoms with Gasteiger partial charge in [0.2, 0.25) is 11.8 Å². The average molecular weight is 283 g/mol. The van der Waals surface area contributed by atoms with Crippen LogP contribution >= 0.6 is 0 Å². The number of rotatable bonds is 5. The molecule has 3 unspecified atom stereocenters. The van der Waals surface area contributed by atoms with Gasteiger partial charge in [0.1, 0.15) is 0 Å². The SMILES string of the molecule is CCN(CC(=O)N(C)C)C(=O)C(C)C1CCCC(N)C1. The smallest absolute Gasteiger partial charge is 0.241 e. The molecular formula is C15H29N3O2. The first-order valence-corrected chi connectivity index (χ1v) is 7.61. The number of likely N-dealkylation sites (N-methyl/N-ethyl adjacent to an activating group) is 2. The van der Waals surface area contributed by atoms with E-state index < -0.39 is 0 Å². The van der Waals surface area contributed by atoms with Crippen molar-refractivity contribution in [3.63, 3.8) is 0 Å². The zero-order valence-electron chi connectivity index (χ0n) is 13.3. The van der Waals surface area contributed by atoms with E-state index in [0.717, 1.165) is 25.7 Å². The summed E-state index contributed by atoms with van der Waals surface area (Å²) in [6.07, 6.45) is 4.16. The van der Waals surface area contributed by atoms with Crippen LogP contribution in [-0.4, -0.2) is 54.8 Å². The van der Waals surface area contributed by atoms with Gasteiger partial charge in [-0.1, -0.05) is 13.3 Å². The molecule has 5 heteroatoms. The second-order valence-electron chi connectivity index (χ2n) is 6.12. The molecule has 5 nitrogen and oxygen atoms in total. The molecule has 0 aromatic rings. The predicted octanol–water partition coefficient (Wildman–Crippen LogP) is 1.08. The Balaban J connectivity index is 2.62. The molecule has 0 aliphatic heterocycles. The topological polar surface area (TPSA) is 66.6 Å². The van der Waals surface area contributed by atoms with Crippen LogP contribution in [0.4, 0.5) is 0 Å². The molecule has 0 heterocycles. The molecule has 1 aliphatic rings. The van der Waals surface area contributed by atoms with Gasteiger partial charge in [-0.05, 0) is 32.1 Å². The molecule has 1 aliphatic carbocycles. The number of carbonyl (C=O) groups excluding carboxylic acids is 2. The molecule has 0 radical (unpaired) electrons. The van der Waals surface area contributed by atoms with Crippen molar-refractivity contribution < 1.29 is 9.59 Å². The van der Waals surface area contributed by atoms with Crippen LogP contribution in [0.25, 0.3) is 0 Å². The highest BCUT2D eigenvalue weighted by Gasteiger charge is 2.31. The average Bonchev–Trinajstić information content (AvgIpc) is 2.42. The fraction of sp³-hybridized carbons (Fsp3) is 0.867. The van der Waals surface area contributed by atoms with Gasteiger partial charge in [-0.3, -0.25) is 9.59 Å². The van der Waals surface area contributed by atoms with Crippen molar-refractivity contribution in [1.82, 2.24) is 9.80 Å². The lowest BCUT2D eigenvalue weighted by molar-refractivity contribution is -0.142. The van der Waals surface area contributed by atoms with Crippen LogP contribution in [0.1, 0.15) is 39.5 Å². The van der Waals surface area contributed by atoms with Crippen molar-refractivity contribution in [2.45, 2.75) is 45.6 Å². The maximum atomic E-state index is 12.6. The minimum Gasteiger partial charge on any atom is -0.347 e. The molecule has 2 amide bonds. The second kappa shape index (κ2) is 7.62. The van der Waals surface area contributed by atoms with Gasteiger partial charge < -0.3 is 15.5 Å². The van der Waals surface area contributed by atoms with Crippen molar-refractivity contribution in [2.24, 2.45) is 17.6 Å². The normalized spacial score (nSPS) is 24.1. The molecule has 116 valence electrons. The summed E-state index contributed by atoms with van der Waals surface area (Å²) in [6.45, 7) is 4.64. The highest BCUT2D eigenvalue weighted by molar-refractivity contribution is 5.85. The van der Waals surface area contributed by atoms with Crippen molar-refractivity contribution >= 4 is 11.8 Å². The lowest BCUT2D eigenvalue weighted by Crippen LogP contribution is -2.45. The zero-order valence-corrected chi connectivity index (χ0v) is 13.3. The minimum atomic E-state index is -0.0451. The molecule has 0 aromatic heterocycles. The summed E-state index contributed by atoms with van der Waals surface area (Å²) in [6, 6.07) is 0.225. The molecular weight excluding hydrogens is 254 g/mol. The van der Waals surface area contributed by atoms with Crippen LogP contribution in [0, 0.1) is 11.8 Å². The maximum Gasteiger partial charge on any atom is 0.241 e. The first-order chi connectivity index (χ1) is 9.36. The van der Waals surface area contributed by atoms with E-state index in [4.69, 9.17) is 5.73 Å². The van der Waals surface area contributed by atoms with Crippen LogP contribution < -0.4 is 5.73 Å². The maximum absolute atomic E-state index is 12.6. The van der Waals surface area contributed by atoms with Gasteiger partial charge in [0, 0.05) is 32.6 Å². The third-order valence-electron chi connectivity index (χ3n) is 4.37. The Bertz CT molecular complexity index is 344. The molecule has 20 heavy (non-hydrogen) atoms. The number of nitrogens with two attached hydrogens (primary N) is 1. The predicted molar refractivity (Wildman–Crippen MR) is 80.0 cm³/mol. The summed E-state index contributed by atoms with van der Waals surface area (Å²) >= 11 is 0. The highest BCUT2D eigenvalue weighted by atomic mass is 16.2. The van der Waals surface area contributed by atoms with E-state index in [2.05, 4.69) is 0 Å². The van der Waals surface area contributed by atoms with Crippen molar-refractivity contribution in [3.05, 3.63) is 0 Å². The third kappa shape index (κ3) is 4.47. The largest absolute Gasteiger partial charge is 0.347 e. The van der Waals surface area contributed by atoms with E-state index in [1.165, 1.54) is 4.90 Å². The van der Waals surface area contributed by atoms with E-state index in [9.17, 15) is 9.59 Å². The highest BCUT2D eigenvalue weighted by Crippen LogP contribution is 2.30. The van der Waals surface area contributed by atoms with Gasteiger partial charge in [-0.15, -0.1) is 0 Å². The van der Waals surface area contributed by atoms with Crippen LogP contribution in [0.5, 0.6) is 0 Å². The number of hydrogen-bond donors (Lipinski definition) is 1. The van der Waals surface area contributed by atoms with E-state index in [0.29, 0.717) is 12.5 Å². The molecule has 1 saturated carbocycles. The summed E-state index contributed by atoms with van der Waals surface area (Å²) in [5, 5.41) is 0. The third-order valence-corrected chi connectivity index (χ3v) is 4.37. The van der Waals surface area contributed by atoms with E-state index in [1.54, 1.807) is 19.0 Å². The van der Waals surface area contributed by atoms with Crippen LogP contribution in [0.15, 0.2) is 0 Å². The van der Waals surface area contributed by atoms with E-state index in [-0.39, 0.29) is 30.3 Å². The number of hydrogen-bond acceptors (Lipinski definition) is 3. The number of amides is 2. The standard InChI is InChI=1S/C15H29N3O2/c1-5-18(10-14(19)17(3)4)15(20)11(2)12-7-6-8-13(16)9-12/h11-13H,5-10,16H2,1-4H3. The second-order valence-corrected chi connectivity index (χ2v) is 6.12. The van der Waals surface area contributed by atoms with Crippen LogP contribution in [-0.2, 0) is 9.59 Å². The van der Waals surface area contributed by atoms with Crippen molar-refractivity contribution in [2.75, 3.05) is 27.2 Å². The van der Waals surface area contributed by atoms with Crippen LogP contribution in [0.3, 0.4) is 0 Å². The fourth-order valence-electron chi connectivity index (χ4n) is 2.86. The van der Waals surface area contributed by atoms with Crippen molar-refractivity contribution in [3.8, 4) is 0 Å². The molecule has 0 saturated heterocycles.